The van der Waals surface area contributed by atoms with Crippen molar-refractivity contribution in [3.63, 3.8) is 0 Å². The molecule has 2 aliphatic rings. The van der Waals surface area contributed by atoms with E-state index in [2.05, 4.69) is 32.7 Å². The fourth-order valence-electron chi connectivity index (χ4n) is 2.99. The highest BCUT2D eigenvalue weighted by atomic mass is 16.5. The number of benzene rings is 1. The van der Waals surface area contributed by atoms with Crippen molar-refractivity contribution >= 4 is 6.21 Å². The lowest BCUT2D eigenvalue weighted by atomic mass is 9.84. The predicted molar refractivity (Wildman–Crippen MR) is 76.8 cm³/mol. The summed E-state index contributed by atoms with van der Waals surface area (Å²) in [6.45, 7) is 8.59. The normalized spacial score (nSPS) is 21.5. The van der Waals surface area contributed by atoms with Crippen LogP contribution in [0.25, 0.3) is 0 Å². The molecule has 1 aromatic rings. The molecule has 0 unspecified atom stereocenters. The highest BCUT2D eigenvalue weighted by molar-refractivity contribution is 5.86. The standard InChI is InChI=1S/C16H21NO2/c1-15(2)7-11-10(9-17-15)6-13(18-5)14-12(11)8-16(3,4)19-14/h6,9H,7-8H2,1-5H3. The van der Waals surface area contributed by atoms with Gasteiger partial charge in [-0.2, -0.15) is 0 Å². The van der Waals surface area contributed by atoms with Crippen LogP contribution in [-0.4, -0.2) is 24.5 Å². The Labute approximate surface area is 114 Å². The Bertz CT molecular complexity index is 571. The third kappa shape index (κ3) is 2.01. The van der Waals surface area contributed by atoms with Gasteiger partial charge in [-0.15, -0.1) is 0 Å². The molecule has 0 saturated carbocycles. The highest BCUT2D eigenvalue weighted by Gasteiger charge is 2.37. The van der Waals surface area contributed by atoms with E-state index in [1.807, 2.05) is 12.3 Å². The third-order valence-corrected chi connectivity index (χ3v) is 3.86. The largest absolute Gasteiger partial charge is 0.493 e. The average Bonchev–Trinajstić information content (AvgIpc) is 2.63. The summed E-state index contributed by atoms with van der Waals surface area (Å²) in [5, 5.41) is 0. The topological polar surface area (TPSA) is 30.8 Å². The second kappa shape index (κ2) is 3.75. The molecule has 102 valence electrons. The van der Waals surface area contributed by atoms with Crippen LogP contribution in [-0.2, 0) is 12.8 Å². The molecule has 0 fully saturated rings. The summed E-state index contributed by atoms with van der Waals surface area (Å²) in [5.41, 5.74) is 3.68. The smallest absolute Gasteiger partial charge is 0.165 e. The molecule has 0 N–H and O–H groups in total. The minimum atomic E-state index is -0.149. The molecule has 0 aromatic heterocycles. The number of ether oxygens (including phenoxy) is 2. The number of nitrogens with zero attached hydrogens (tertiary/aromatic N) is 1. The van der Waals surface area contributed by atoms with Gasteiger partial charge in [-0.05, 0) is 51.3 Å². The van der Waals surface area contributed by atoms with E-state index in [0.29, 0.717) is 0 Å². The maximum Gasteiger partial charge on any atom is 0.165 e. The molecular formula is C16H21NO2. The molecule has 0 aliphatic carbocycles. The number of hydrogen-bond donors (Lipinski definition) is 0. The Morgan fingerprint density at radius 1 is 1.16 bits per heavy atom. The SMILES string of the molecule is COc1cc2c(c3c1OC(C)(C)C3)CC(C)(C)N=C2. The Balaban J connectivity index is 2.19. The van der Waals surface area contributed by atoms with Gasteiger partial charge in [0.25, 0.3) is 0 Å². The van der Waals surface area contributed by atoms with E-state index in [-0.39, 0.29) is 11.1 Å². The number of methoxy groups -OCH3 is 1. The van der Waals surface area contributed by atoms with Gasteiger partial charge in [-0.1, -0.05) is 0 Å². The van der Waals surface area contributed by atoms with E-state index in [9.17, 15) is 0 Å². The van der Waals surface area contributed by atoms with E-state index >= 15 is 0 Å². The lowest BCUT2D eigenvalue weighted by Crippen LogP contribution is -2.27. The maximum atomic E-state index is 6.08. The van der Waals surface area contributed by atoms with Crippen LogP contribution >= 0.6 is 0 Å². The van der Waals surface area contributed by atoms with Gasteiger partial charge in [0.05, 0.1) is 12.6 Å². The summed E-state index contributed by atoms with van der Waals surface area (Å²) in [5.74, 6) is 1.75. The fourth-order valence-corrected chi connectivity index (χ4v) is 2.99. The molecule has 2 aliphatic heterocycles. The van der Waals surface area contributed by atoms with Crippen LogP contribution in [0, 0.1) is 0 Å². The minimum absolute atomic E-state index is 0.0257. The molecule has 1 aromatic carbocycles. The van der Waals surface area contributed by atoms with E-state index in [4.69, 9.17) is 9.47 Å². The van der Waals surface area contributed by atoms with Gasteiger partial charge in [0.2, 0.25) is 0 Å². The van der Waals surface area contributed by atoms with Crippen molar-refractivity contribution in [2.75, 3.05) is 7.11 Å². The Kier molecular flexibility index (Phi) is 2.47. The molecule has 0 radical (unpaired) electrons. The van der Waals surface area contributed by atoms with Gasteiger partial charge in [0.15, 0.2) is 11.5 Å². The van der Waals surface area contributed by atoms with Gasteiger partial charge in [0.1, 0.15) is 5.60 Å². The Morgan fingerprint density at radius 2 is 1.89 bits per heavy atom. The monoisotopic (exact) mass is 259 g/mol. The van der Waals surface area contributed by atoms with E-state index in [0.717, 1.165) is 24.3 Å². The first-order valence-electron chi connectivity index (χ1n) is 6.78. The van der Waals surface area contributed by atoms with Crippen LogP contribution in [0.4, 0.5) is 0 Å². The highest BCUT2D eigenvalue weighted by Crippen LogP contribution is 2.46. The number of aliphatic imine (C=N–C) groups is 1. The average molecular weight is 259 g/mol. The summed E-state index contributed by atoms with van der Waals surface area (Å²) >= 11 is 0. The molecule has 3 rings (SSSR count). The van der Waals surface area contributed by atoms with Gasteiger partial charge < -0.3 is 9.47 Å². The van der Waals surface area contributed by atoms with Crippen molar-refractivity contribution in [3.8, 4) is 11.5 Å². The van der Waals surface area contributed by atoms with Crippen molar-refractivity contribution in [2.24, 2.45) is 4.99 Å². The van der Waals surface area contributed by atoms with Crippen molar-refractivity contribution in [1.29, 1.82) is 0 Å². The first kappa shape index (κ1) is 12.5. The molecule has 0 saturated heterocycles. The summed E-state index contributed by atoms with van der Waals surface area (Å²) in [7, 11) is 1.70. The van der Waals surface area contributed by atoms with Crippen molar-refractivity contribution < 1.29 is 9.47 Å². The summed E-state index contributed by atoms with van der Waals surface area (Å²) in [4.78, 5) is 4.62. The Morgan fingerprint density at radius 3 is 2.58 bits per heavy atom. The van der Waals surface area contributed by atoms with Crippen LogP contribution in [0.3, 0.4) is 0 Å². The molecular weight excluding hydrogens is 238 g/mol. The molecule has 0 amide bonds. The number of fused-ring (bicyclic) bond motifs is 3. The lowest BCUT2D eigenvalue weighted by Gasteiger charge is -2.27. The second-order valence-electron chi connectivity index (χ2n) is 6.74. The van der Waals surface area contributed by atoms with Crippen molar-refractivity contribution in [2.45, 2.75) is 51.7 Å². The van der Waals surface area contributed by atoms with Gasteiger partial charge in [0, 0.05) is 18.2 Å². The van der Waals surface area contributed by atoms with E-state index < -0.39 is 0 Å². The molecule has 0 spiro atoms. The first-order valence-corrected chi connectivity index (χ1v) is 6.78. The zero-order valence-electron chi connectivity index (χ0n) is 12.3. The summed E-state index contributed by atoms with van der Waals surface area (Å²) < 4.78 is 11.6. The lowest BCUT2D eigenvalue weighted by molar-refractivity contribution is 0.134. The fraction of sp³-hybridized carbons (Fsp3) is 0.562. The minimum Gasteiger partial charge on any atom is -0.493 e. The summed E-state index contributed by atoms with van der Waals surface area (Å²) in [6, 6.07) is 2.05. The van der Waals surface area contributed by atoms with Crippen LogP contribution < -0.4 is 9.47 Å². The van der Waals surface area contributed by atoms with Gasteiger partial charge in [-0.3, -0.25) is 4.99 Å². The molecule has 0 atom stereocenters. The van der Waals surface area contributed by atoms with Crippen LogP contribution in [0.1, 0.15) is 44.4 Å². The number of hydrogen-bond acceptors (Lipinski definition) is 3. The first-order chi connectivity index (χ1) is 8.81. The van der Waals surface area contributed by atoms with Crippen molar-refractivity contribution in [1.82, 2.24) is 0 Å². The molecule has 2 heterocycles. The molecule has 19 heavy (non-hydrogen) atoms. The van der Waals surface area contributed by atoms with E-state index in [1.54, 1.807) is 7.11 Å². The number of rotatable bonds is 1. The van der Waals surface area contributed by atoms with Gasteiger partial charge in [-0.25, -0.2) is 0 Å². The van der Waals surface area contributed by atoms with Crippen LogP contribution in [0.5, 0.6) is 11.5 Å². The Hall–Kier alpha value is -1.51. The zero-order chi connectivity index (χ0) is 13.8. The molecule has 0 bridgehead atoms. The van der Waals surface area contributed by atoms with Crippen LogP contribution in [0.2, 0.25) is 0 Å². The van der Waals surface area contributed by atoms with Gasteiger partial charge >= 0.3 is 0 Å². The van der Waals surface area contributed by atoms with E-state index in [1.165, 1.54) is 16.7 Å². The quantitative estimate of drug-likeness (QED) is 0.775. The second-order valence-corrected chi connectivity index (χ2v) is 6.74. The third-order valence-electron chi connectivity index (χ3n) is 3.86. The van der Waals surface area contributed by atoms with Crippen LogP contribution in [0.15, 0.2) is 11.1 Å². The summed E-state index contributed by atoms with van der Waals surface area (Å²) in [6.07, 6.45) is 3.88. The maximum absolute atomic E-state index is 6.08. The predicted octanol–water partition coefficient (Wildman–Crippen LogP) is 3.16. The zero-order valence-corrected chi connectivity index (χ0v) is 12.3. The molecule has 3 nitrogen and oxygen atoms in total. The van der Waals surface area contributed by atoms with Crippen molar-refractivity contribution in [3.05, 3.63) is 22.8 Å². The molecule has 3 heteroatoms.